The number of sulfonamides is 2. The molecule has 214 valence electrons. The summed E-state index contributed by atoms with van der Waals surface area (Å²) in [4.78, 5) is 27.3. The molecule has 1 aliphatic rings. The molecule has 1 fully saturated rings. The molecule has 1 amide bonds. The van der Waals surface area contributed by atoms with Crippen LogP contribution in [0.25, 0.3) is 5.69 Å². The lowest BCUT2D eigenvalue weighted by atomic mass is 10.2. The maximum Gasteiger partial charge on any atom is 0.295 e. The number of benzene rings is 3. The van der Waals surface area contributed by atoms with E-state index in [-0.39, 0.29) is 28.6 Å². The molecule has 1 N–H and O–H groups in total. The molecule has 0 aliphatic carbocycles. The quantitative estimate of drug-likeness (QED) is 0.349. The number of piperazine rings is 1. The standard InChI is InChI=1S/C28H29N5O6S2/c1-21-26(28(35)33(30(21)2)22-12-6-3-7-13-22)29-27(34)25-20-31(40(36,37)23-14-8-4-9-15-23)18-19-32(25)41(38,39)24-16-10-5-11-17-24/h3-17,25H,18-20H2,1-2H3,(H,29,34)/t25-/m0/s1. The molecule has 0 spiro atoms. The van der Waals surface area contributed by atoms with Crippen LogP contribution in [0.1, 0.15) is 5.69 Å². The summed E-state index contributed by atoms with van der Waals surface area (Å²) in [6.07, 6.45) is 0. The summed E-state index contributed by atoms with van der Waals surface area (Å²) in [5.41, 5.74) is 0.483. The van der Waals surface area contributed by atoms with Gasteiger partial charge in [0.1, 0.15) is 11.7 Å². The molecule has 1 aromatic heterocycles. The van der Waals surface area contributed by atoms with E-state index < -0.39 is 44.1 Å². The van der Waals surface area contributed by atoms with Crippen LogP contribution in [0, 0.1) is 6.92 Å². The number of hydrogen-bond acceptors (Lipinski definition) is 6. The van der Waals surface area contributed by atoms with Gasteiger partial charge >= 0.3 is 0 Å². The van der Waals surface area contributed by atoms with Gasteiger partial charge in [-0.15, -0.1) is 0 Å². The van der Waals surface area contributed by atoms with Crippen molar-refractivity contribution in [1.29, 1.82) is 0 Å². The molecule has 2 heterocycles. The molecule has 0 bridgehead atoms. The molecule has 1 aliphatic heterocycles. The van der Waals surface area contributed by atoms with Gasteiger partial charge < -0.3 is 5.32 Å². The van der Waals surface area contributed by atoms with Gasteiger partial charge in [-0.05, 0) is 43.3 Å². The van der Waals surface area contributed by atoms with Crippen molar-refractivity contribution >= 4 is 31.6 Å². The highest BCUT2D eigenvalue weighted by molar-refractivity contribution is 7.89. The topological polar surface area (TPSA) is 131 Å². The van der Waals surface area contributed by atoms with E-state index in [1.54, 1.807) is 79.3 Å². The van der Waals surface area contributed by atoms with Gasteiger partial charge in [0, 0.05) is 26.7 Å². The van der Waals surface area contributed by atoms with Crippen molar-refractivity contribution in [3.05, 3.63) is 107 Å². The largest absolute Gasteiger partial charge is 0.318 e. The summed E-state index contributed by atoms with van der Waals surface area (Å²) in [6, 6.07) is 22.8. The van der Waals surface area contributed by atoms with Crippen LogP contribution in [0.2, 0.25) is 0 Å². The Morgan fingerprint density at radius 2 is 1.29 bits per heavy atom. The number of nitrogens with one attached hydrogen (secondary N) is 1. The summed E-state index contributed by atoms with van der Waals surface area (Å²) in [5, 5.41) is 2.62. The number of rotatable bonds is 7. The van der Waals surface area contributed by atoms with Crippen LogP contribution in [-0.2, 0) is 31.9 Å². The lowest BCUT2D eigenvalue weighted by Gasteiger charge is -2.38. The zero-order valence-corrected chi connectivity index (χ0v) is 24.0. The fourth-order valence-corrected chi connectivity index (χ4v) is 7.90. The smallest absolute Gasteiger partial charge is 0.295 e. The van der Waals surface area contributed by atoms with Crippen molar-refractivity contribution in [2.75, 3.05) is 25.0 Å². The first-order chi connectivity index (χ1) is 19.5. The lowest BCUT2D eigenvalue weighted by Crippen LogP contribution is -2.60. The van der Waals surface area contributed by atoms with E-state index in [1.807, 2.05) is 6.07 Å². The maximum absolute atomic E-state index is 13.8. The zero-order chi connectivity index (χ0) is 29.4. The monoisotopic (exact) mass is 595 g/mol. The molecule has 5 rings (SSSR count). The Bertz CT molecular complexity index is 1840. The van der Waals surface area contributed by atoms with Crippen LogP contribution in [0.3, 0.4) is 0 Å². The van der Waals surface area contributed by atoms with E-state index in [4.69, 9.17) is 0 Å². The van der Waals surface area contributed by atoms with Crippen LogP contribution in [0.4, 0.5) is 5.69 Å². The molecule has 3 aromatic carbocycles. The SMILES string of the molecule is Cc1c(NC(=O)[C@@H]2CN(S(=O)(=O)c3ccccc3)CCN2S(=O)(=O)c2ccccc2)c(=O)n(-c2ccccc2)n1C. The van der Waals surface area contributed by atoms with Gasteiger partial charge in [-0.1, -0.05) is 54.6 Å². The van der Waals surface area contributed by atoms with E-state index in [0.717, 1.165) is 8.61 Å². The highest BCUT2D eigenvalue weighted by Crippen LogP contribution is 2.26. The fraction of sp³-hybridized carbons (Fsp3) is 0.214. The predicted octanol–water partition coefficient (Wildman–Crippen LogP) is 2.19. The third-order valence-electron chi connectivity index (χ3n) is 7.13. The van der Waals surface area contributed by atoms with Crippen molar-refractivity contribution in [1.82, 2.24) is 18.0 Å². The number of nitrogens with zero attached hydrogens (tertiary/aromatic N) is 4. The number of carbonyl (C=O) groups excluding carboxylic acids is 1. The summed E-state index contributed by atoms with van der Waals surface area (Å²) in [5.74, 6) is -0.816. The minimum atomic E-state index is -4.19. The van der Waals surface area contributed by atoms with Gasteiger partial charge in [-0.3, -0.25) is 14.3 Å². The van der Waals surface area contributed by atoms with E-state index in [2.05, 4.69) is 5.32 Å². The molecular weight excluding hydrogens is 566 g/mol. The van der Waals surface area contributed by atoms with Crippen molar-refractivity contribution in [2.45, 2.75) is 22.8 Å². The van der Waals surface area contributed by atoms with Gasteiger partial charge in [0.2, 0.25) is 26.0 Å². The number of hydrogen-bond donors (Lipinski definition) is 1. The number of carbonyl (C=O) groups is 1. The Hall–Kier alpha value is -4.04. The highest BCUT2D eigenvalue weighted by Gasteiger charge is 2.43. The molecule has 13 heteroatoms. The Balaban J connectivity index is 1.53. The Morgan fingerprint density at radius 1 is 0.780 bits per heavy atom. The summed E-state index contributed by atoms with van der Waals surface area (Å²) in [6.45, 7) is 0.803. The van der Waals surface area contributed by atoms with Gasteiger partial charge in [0.15, 0.2) is 0 Å². The van der Waals surface area contributed by atoms with E-state index in [9.17, 15) is 26.4 Å². The molecule has 1 saturated heterocycles. The van der Waals surface area contributed by atoms with Crippen LogP contribution in [0.5, 0.6) is 0 Å². The van der Waals surface area contributed by atoms with Crippen LogP contribution in [-0.4, -0.2) is 66.4 Å². The van der Waals surface area contributed by atoms with Crippen LogP contribution >= 0.6 is 0 Å². The Kier molecular flexibility index (Phi) is 7.70. The average molecular weight is 596 g/mol. The average Bonchev–Trinajstić information content (AvgIpc) is 3.20. The van der Waals surface area contributed by atoms with Gasteiger partial charge in [0.05, 0.1) is 21.2 Å². The van der Waals surface area contributed by atoms with Gasteiger partial charge in [-0.25, -0.2) is 21.5 Å². The zero-order valence-electron chi connectivity index (χ0n) is 22.4. The molecule has 4 aromatic rings. The molecule has 0 unspecified atom stereocenters. The van der Waals surface area contributed by atoms with E-state index in [1.165, 1.54) is 28.9 Å². The van der Waals surface area contributed by atoms with Gasteiger partial charge in [-0.2, -0.15) is 8.61 Å². The predicted molar refractivity (Wildman–Crippen MR) is 154 cm³/mol. The molecule has 0 saturated carbocycles. The number of aromatic nitrogens is 2. The molecular formula is C28H29N5O6S2. The van der Waals surface area contributed by atoms with Gasteiger partial charge in [0.25, 0.3) is 5.56 Å². The first-order valence-electron chi connectivity index (χ1n) is 12.8. The molecule has 11 nitrogen and oxygen atoms in total. The minimum Gasteiger partial charge on any atom is -0.318 e. The lowest BCUT2D eigenvalue weighted by molar-refractivity contribution is -0.120. The summed E-state index contributed by atoms with van der Waals surface area (Å²) in [7, 11) is -6.55. The van der Waals surface area contributed by atoms with Crippen molar-refractivity contribution < 1.29 is 21.6 Å². The van der Waals surface area contributed by atoms with Crippen molar-refractivity contribution in [2.24, 2.45) is 7.05 Å². The van der Waals surface area contributed by atoms with Crippen molar-refractivity contribution in [3.63, 3.8) is 0 Å². The second-order valence-electron chi connectivity index (χ2n) is 9.55. The van der Waals surface area contributed by atoms with E-state index >= 15 is 0 Å². The highest BCUT2D eigenvalue weighted by atomic mass is 32.2. The van der Waals surface area contributed by atoms with Crippen LogP contribution < -0.4 is 10.9 Å². The maximum atomic E-state index is 13.8. The van der Waals surface area contributed by atoms with E-state index in [0.29, 0.717) is 11.4 Å². The van der Waals surface area contributed by atoms with Crippen molar-refractivity contribution in [3.8, 4) is 5.69 Å². The fourth-order valence-electron chi connectivity index (χ4n) is 4.85. The Labute approximate surface area is 238 Å². The molecule has 41 heavy (non-hydrogen) atoms. The first-order valence-corrected chi connectivity index (χ1v) is 15.7. The molecule has 1 atom stereocenters. The Morgan fingerprint density at radius 3 is 1.85 bits per heavy atom. The minimum absolute atomic E-state index is 0.0264. The number of anilines is 1. The second kappa shape index (κ2) is 11.1. The number of para-hydroxylation sites is 1. The summed E-state index contributed by atoms with van der Waals surface area (Å²) < 4.78 is 59.2. The van der Waals surface area contributed by atoms with Crippen LogP contribution in [0.15, 0.2) is 106 Å². The molecule has 0 radical (unpaired) electrons. The second-order valence-corrected chi connectivity index (χ2v) is 13.4. The summed E-state index contributed by atoms with van der Waals surface area (Å²) >= 11 is 0. The first kappa shape index (κ1) is 28.5. The third kappa shape index (κ3) is 5.24. The normalized spacial score (nSPS) is 16.9. The third-order valence-corrected chi connectivity index (χ3v) is 10.9. The number of amides is 1.